The first-order chi connectivity index (χ1) is 18.0. The maximum Gasteiger partial charge on any atom is 0.302 e. The third-order valence-corrected chi connectivity index (χ3v) is 13.1. The highest BCUT2D eigenvalue weighted by Crippen LogP contribution is 2.74. The number of fused-ring (bicyclic) bond motifs is 5. The molecule has 0 bridgehead atoms. The van der Waals surface area contributed by atoms with Gasteiger partial charge < -0.3 is 24.4 Å². The predicted molar refractivity (Wildman–Crippen MR) is 151 cm³/mol. The number of esters is 1. The molecule has 6 heteroatoms. The van der Waals surface area contributed by atoms with E-state index in [0.29, 0.717) is 24.2 Å². The van der Waals surface area contributed by atoms with Gasteiger partial charge in [0.1, 0.15) is 12.2 Å². The van der Waals surface area contributed by atoms with Gasteiger partial charge >= 0.3 is 5.97 Å². The lowest BCUT2D eigenvalue weighted by Crippen LogP contribution is -2.58. The van der Waals surface area contributed by atoms with Gasteiger partial charge in [-0.1, -0.05) is 46.3 Å². The van der Waals surface area contributed by atoms with Crippen LogP contribution in [-0.4, -0.2) is 53.5 Å². The molecule has 5 rings (SSSR count). The summed E-state index contributed by atoms with van der Waals surface area (Å²) in [5.74, 6) is 1.53. The van der Waals surface area contributed by atoms with Gasteiger partial charge in [0.2, 0.25) is 0 Å². The van der Waals surface area contributed by atoms with E-state index in [1.54, 1.807) is 33.5 Å². The lowest BCUT2D eigenvalue weighted by atomic mass is 9.41. The molecule has 0 spiro atoms. The Kier molecular flexibility index (Phi) is 7.22. The molecule has 1 heterocycles. The molecule has 1 saturated heterocycles. The Morgan fingerprint density at radius 1 is 1.10 bits per heavy atom. The topological polar surface area (TPSA) is 85.2 Å². The molecular formula is C33H54O6. The average molecular weight is 547 g/mol. The quantitative estimate of drug-likeness (QED) is 0.323. The monoisotopic (exact) mass is 546 g/mol. The van der Waals surface area contributed by atoms with Crippen LogP contribution in [-0.2, 0) is 19.0 Å². The van der Waals surface area contributed by atoms with Crippen molar-refractivity contribution in [2.24, 2.45) is 45.3 Å². The smallest absolute Gasteiger partial charge is 0.302 e. The van der Waals surface area contributed by atoms with Crippen LogP contribution in [0.15, 0.2) is 11.6 Å². The van der Waals surface area contributed by atoms with Gasteiger partial charge in [-0.05, 0) is 99.2 Å². The number of aliphatic hydroxyl groups is 2. The Morgan fingerprint density at radius 3 is 2.41 bits per heavy atom. The third-order valence-electron chi connectivity index (χ3n) is 13.1. The van der Waals surface area contributed by atoms with E-state index in [-0.39, 0.29) is 45.9 Å². The molecule has 3 saturated carbocycles. The Balaban J connectivity index is 1.43. The van der Waals surface area contributed by atoms with E-state index >= 15 is 0 Å². The van der Waals surface area contributed by atoms with Crippen LogP contribution in [0.5, 0.6) is 0 Å². The van der Waals surface area contributed by atoms with Gasteiger partial charge in [0.25, 0.3) is 0 Å². The fourth-order valence-corrected chi connectivity index (χ4v) is 10.8. The largest absolute Gasteiger partial charge is 0.462 e. The Labute approximate surface area is 236 Å². The van der Waals surface area contributed by atoms with Crippen LogP contribution < -0.4 is 0 Å². The number of methoxy groups -OCH3 is 1. The SMILES string of the molecule is CO[C@@H]1O[C@@H]([C@H](O)C(C)(C)O)C[C@H]1[C@@H]1CC[C@]2(C)C3=CC[C@H]4C(C)(C)[C@H](OC(C)=O)CC[C@]4(C)[C@H]3CC[C@@]12C. The third kappa shape index (κ3) is 4.29. The molecule has 39 heavy (non-hydrogen) atoms. The van der Waals surface area contributed by atoms with Crippen molar-refractivity contribution in [2.45, 2.75) is 137 Å². The average Bonchev–Trinajstić information content (AvgIpc) is 3.38. The second-order valence-electron chi connectivity index (χ2n) is 15.7. The van der Waals surface area contributed by atoms with E-state index in [1.165, 1.54) is 19.3 Å². The molecule has 4 fully saturated rings. The Morgan fingerprint density at radius 2 is 1.79 bits per heavy atom. The second kappa shape index (κ2) is 9.54. The molecule has 0 aromatic heterocycles. The normalized spacial score (nSPS) is 48.0. The number of allylic oxidation sites excluding steroid dienone is 2. The zero-order valence-electron chi connectivity index (χ0n) is 25.9. The molecule has 0 radical (unpaired) electrons. The van der Waals surface area contributed by atoms with E-state index < -0.39 is 17.8 Å². The number of rotatable bonds is 5. The van der Waals surface area contributed by atoms with Crippen LogP contribution in [0.3, 0.4) is 0 Å². The van der Waals surface area contributed by atoms with Crippen molar-refractivity contribution in [3.63, 3.8) is 0 Å². The van der Waals surface area contributed by atoms with E-state index in [0.717, 1.165) is 25.7 Å². The molecule has 0 aromatic rings. The van der Waals surface area contributed by atoms with Crippen molar-refractivity contribution in [3.8, 4) is 0 Å². The maximum atomic E-state index is 11.9. The Bertz CT molecular complexity index is 997. The van der Waals surface area contributed by atoms with Gasteiger partial charge in [-0.3, -0.25) is 4.79 Å². The highest BCUT2D eigenvalue weighted by Gasteiger charge is 2.67. The minimum atomic E-state index is -1.22. The van der Waals surface area contributed by atoms with Gasteiger partial charge in [-0.15, -0.1) is 0 Å². The summed E-state index contributed by atoms with van der Waals surface area (Å²) in [5, 5.41) is 21.3. The molecule has 4 aliphatic carbocycles. The van der Waals surface area contributed by atoms with Crippen LogP contribution in [0.1, 0.15) is 107 Å². The van der Waals surface area contributed by atoms with Crippen molar-refractivity contribution < 1.29 is 29.2 Å². The van der Waals surface area contributed by atoms with Crippen molar-refractivity contribution in [1.29, 1.82) is 0 Å². The number of ether oxygens (including phenoxy) is 3. The summed E-state index contributed by atoms with van der Waals surface area (Å²) in [7, 11) is 1.71. The van der Waals surface area contributed by atoms with Crippen LogP contribution in [0.25, 0.3) is 0 Å². The van der Waals surface area contributed by atoms with Gasteiger partial charge in [0.15, 0.2) is 6.29 Å². The summed E-state index contributed by atoms with van der Waals surface area (Å²) >= 11 is 0. The molecule has 1 aliphatic heterocycles. The highest BCUT2D eigenvalue weighted by atomic mass is 16.7. The van der Waals surface area contributed by atoms with Crippen molar-refractivity contribution in [2.75, 3.05) is 7.11 Å². The number of hydrogen-bond donors (Lipinski definition) is 2. The van der Waals surface area contributed by atoms with Crippen LogP contribution in [0.4, 0.5) is 0 Å². The summed E-state index contributed by atoms with van der Waals surface area (Å²) in [6, 6.07) is 0. The standard InChI is InChI=1S/C33H54O6/c1-19(34)38-26-14-15-31(6)22-13-17-32(7)21(20-18-24(39-28(20)37-9)27(35)30(4,5)36)12-16-33(32,8)23(22)10-11-25(31)29(26,2)3/h10,20-22,24-28,35-36H,11-18H2,1-9H3/t20-,21-,22-,24+,25-,26+,27-,28+,31+,32-,33+/m0/s1. The molecule has 5 aliphatic rings. The van der Waals surface area contributed by atoms with E-state index in [2.05, 4.69) is 40.7 Å². The molecule has 11 atom stereocenters. The molecular weight excluding hydrogens is 492 g/mol. The van der Waals surface area contributed by atoms with Crippen LogP contribution >= 0.6 is 0 Å². The second-order valence-corrected chi connectivity index (χ2v) is 15.7. The first-order valence-corrected chi connectivity index (χ1v) is 15.5. The first-order valence-electron chi connectivity index (χ1n) is 15.5. The number of carbonyl (C=O) groups excluding carboxylic acids is 1. The Hall–Kier alpha value is -0.950. The molecule has 2 N–H and O–H groups in total. The van der Waals surface area contributed by atoms with Gasteiger partial charge in [0.05, 0.1) is 11.7 Å². The predicted octanol–water partition coefficient (Wildman–Crippen LogP) is 6.03. The molecule has 0 unspecified atom stereocenters. The highest BCUT2D eigenvalue weighted by molar-refractivity contribution is 5.66. The van der Waals surface area contributed by atoms with Crippen LogP contribution in [0.2, 0.25) is 0 Å². The number of hydrogen-bond acceptors (Lipinski definition) is 6. The van der Waals surface area contributed by atoms with Crippen LogP contribution in [0, 0.1) is 45.3 Å². The van der Waals surface area contributed by atoms with E-state index in [1.807, 2.05) is 0 Å². The van der Waals surface area contributed by atoms with E-state index in [9.17, 15) is 15.0 Å². The summed E-state index contributed by atoms with van der Waals surface area (Å²) in [6.07, 6.45) is 9.37. The number of carbonyl (C=O) groups is 1. The molecule has 222 valence electrons. The maximum absolute atomic E-state index is 11.9. The summed E-state index contributed by atoms with van der Waals surface area (Å²) in [4.78, 5) is 11.9. The number of aliphatic hydroxyl groups excluding tert-OH is 1. The zero-order valence-corrected chi connectivity index (χ0v) is 25.9. The van der Waals surface area contributed by atoms with Gasteiger partial charge in [0, 0.05) is 25.4 Å². The molecule has 0 amide bonds. The van der Waals surface area contributed by atoms with Gasteiger partial charge in [-0.25, -0.2) is 0 Å². The van der Waals surface area contributed by atoms with Crippen molar-refractivity contribution in [1.82, 2.24) is 0 Å². The summed E-state index contributed by atoms with van der Waals surface area (Å²) in [5.41, 5.74) is 0.869. The van der Waals surface area contributed by atoms with Crippen molar-refractivity contribution in [3.05, 3.63) is 11.6 Å². The molecule has 6 nitrogen and oxygen atoms in total. The minimum Gasteiger partial charge on any atom is -0.462 e. The van der Waals surface area contributed by atoms with E-state index in [4.69, 9.17) is 14.2 Å². The summed E-state index contributed by atoms with van der Waals surface area (Å²) in [6.45, 7) is 17.1. The first kappa shape index (κ1) is 29.5. The summed E-state index contributed by atoms with van der Waals surface area (Å²) < 4.78 is 18.0. The van der Waals surface area contributed by atoms with Crippen molar-refractivity contribution >= 4 is 5.97 Å². The van der Waals surface area contributed by atoms with Gasteiger partial charge in [-0.2, -0.15) is 0 Å². The fraction of sp³-hybridized carbons (Fsp3) is 0.909. The lowest BCUT2D eigenvalue weighted by molar-refractivity contribution is -0.185. The minimum absolute atomic E-state index is 0.0103. The lowest BCUT2D eigenvalue weighted by Gasteiger charge is -2.64. The zero-order chi connectivity index (χ0) is 28.8. The fourth-order valence-electron chi connectivity index (χ4n) is 10.8. The molecule has 0 aromatic carbocycles.